The van der Waals surface area contributed by atoms with Crippen molar-refractivity contribution in [2.45, 2.75) is 6.18 Å². The summed E-state index contributed by atoms with van der Waals surface area (Å²) < 4.78 is 37.4. The summed E-state index contributed by atoms with van der Waals surface area (Å²) in [5.41, 5.74) is -1.13. The zero-order valence-electron chi connectivity index (χ0n) is 8.11. The molecule has 88 valence electrons. The molecule has 0 atom stereocenters. The maximum atomic E-state index is 12.5. The van der Waals surface area contributed by atoms with E-state index in [4.69, 9.17) is 11.6 Å². The number of hydrogen-bond acceptors (Lipinski definition) is 4. The summed E-state index contributed by atoms with van der Waals surface area (Å²) in [6.45, 7) is 0. The van der Waals surface area contributed by atoms with Crippen LogP contribution in [0.15, 0.2) is 24.5 Å². The maximum Gasteiger partial charge on any atom is 0.433 e. The summed E-state index contributed by atoms with van der Waals surface area (Å²) in [4.78, 5) is 14.5. The van der Waals surface area contributed by atoms with Crippen LogP contribution in [-0.4, -0.2) is 19.9 Å². The summed E-state index contributed by atoms with van der Waals surface area (Å²) in [6.07, 6.45) is -1.84. The molecule has 0 N–H and O–H groups in total. The van der Waals surface area contributed by atoms with Gasteiger partial charge in [0.1, 0.15) is 10.8 Å². The Balaban J connectivity index is 2.54. The first-order valence-corrected chi connectivity index (χ1v) is 4.74. The Kier molecular flexibility index (Phi) is 2.93. The lowest BCUT2D eigenvalue weighted by molar-refractivity contribution is -0.141. The van der Waals surface area contributed by atoms with Crippen molar-refractivity contribution in [1.82, 2.24) is 19.9 Å². The number of rotatable bonds is 1. The Hall–Kier alpha value is -1.76. The maximum absolute atomic E-state index is 12.5. The molecule has 2 aromatic rings. The summed E-state index contributed by atoms with van der Waals surface area (Å²) in [6, 6.07) is 2.17. The van der Waals surface area contributed by atoms with Crippen LogP contribution in [0.5, 0.6) is 0 Å². The van der Waals surface area contributed by atoms with Gasteiger partial charge in [-0.1, -0.05) is 11.6 Å². The molecule has 0 amide bonds. The minimum absolute atomic E-state index is 0.0134. The standard InChI is InChI=1S/C9H4ClF3N4/c10-6-4-5(9(11,12)13)16-8(17-6)7-14-2-1-3-15-7/h1-4H. The third kappa shape index (κ3) is 2.68. The summed E-state index contributed by atoms with van der Waals surface area (Å²) in [5.74, 6) is -0.272. The minimum Gasteiger partial charge on any atom is -0.234 e. The smallest absolute Gasteiger partial charge is 0.234 e. The molecule has 0 unspecified atom stereocenters. The molecule has 0 bridgehead atoms. The lowest BCUT2D eigenvalue weighted by Crippen LogP contribution is -2.10. The second-order valence-electron chi connectivity index (χ2n) is 2.97. The molecule has 0 fully saturated rings. The third-order valence-corrected chi connectivity index (χ3v) is 1.94. The highest BCUT2D eigenvalue weighted by atomic mass is 35.5. The number of aromatic nitrogens is 4. The van der Waals surface area contributed by atoms with E-state index < -0.39 is 11.9 Å². The van der Waals surface area contributed by atoms with Crippen molar-refractivity contribution in [3.8, 4) is 11.6 Å². The average molecular weight is 261 g/mol. The molecule has 8 heteroatoms. The number of alkyl halides is 3. The molecule has 0 aliphatic carbocycles. The molecule has 2 rings (SSSR count). The van der Waals surface area contributed by atoms with Gasteiger partial charge in [0, 0.05) is 18.5 Å². The van der Waals surface area contributed by atoms with Crippen LogP contribution in [0.4, 0.5) is 13.2 Å². The Morgan fingerprint density at radius 1 is 1.00 bits per heavy atom. The molecule has 17 heavy (non-hydrogen) atoms. The molecule has 0 aliphatic rings. The minimum atomic E-state index is -4.59. The Morgan fingerprint density at radius 2 is 1.65 bits per heavy atom. The van der Waals surface area contributed by atoms with E-state index >= 15 is 0 Å². The molecular formula is C9H4ClF3N4. The number of hydrogen-bond donors (Lipinski definition) is 0. The van der Waals surface area contributed by atoms with Crippen LogP contribution in [0.3, 0.4) is 0 Å². The monoisotopic (exact) mass is 260 g/mol. The normalized spacial score (nSPS) is 11.5. The quantitative estimate of drug-likeness (QED) is 0.740. The fraction of sp³-hybridized carbons (Fsp3) is 0.111. The van der Waals surface area contributed by atoms with E-state index in [9.17, 15) is 13.2 Å². The highest BCUT2D eigenvalue weighted by molar-refractivity contribution is 6.29. The Morgan fingerprint density at radius 3 is 2.24 bits per heavy atom. The van der Waals surface area contributed by atoms with E-state index in [-0.39, 0.29) is 16.8 Å². The van der Waals surface area contributed by atoms with Crippen LogP contribution in [0.1, 0.15) is 5.69 Å². The lowest BCUT2D eigenvalue weighted by atomic mass is 10.4. The summed E-state index contributed by atoms with van der Waals surface area (Å²) in [7, 11) is 0. The van der Waals surface area contributed by atoms with E-state index in [1.54, 1.807) is 0 Å². The van der Waals surface area contributed by atoms with Gasteiger partial charge >= 0.3 is 6.18 Å². The first kappa shape index (κ1) is 11.7. The highest BCUT2D eigenvalue weighted by Crippen LogP contribution is 2.29. The number of halogens is 4. The van der Waals surface area contributed by atoms with Gasteiger partial charge in [0.2, 0.25) is 0 Å². The van der Waals surface area contributed by atoms with Crippen LogP contribution in [0.25, 0.3) is 11.6 Å². The Labute approximate surface area is 98.5 Å². The second-order valence-corrected chi connectivity index (χ2v) is 3.36. The molecule has 2 heterocycles. The predicted molar refractivity (Wildman–Crippen MR) is 53.1 cm³/mol. The fourth-order valence-corrected chi connectivity index (χ4v) is 1.26. The van der Waals surface area contributed by atoms with Gasteiger partial charge in [-0.15, -0.1) is 0 Å². The van der Waals surface area contributed by atoms with Crippen molar-refractivity contribution >= 4 is 11.6 Å². The van der Waals surface area contributed by atoms with Crippen molar-refractivity contribution < 1.29 is 13.2 Å². The lowest BCUT2D eigenvalue weighted by Gasteiger charge is -2.07. The van der Waals surface area contributed by atoms with Crippen molar-refractivity contribution in [2.75, 3.05) is 0 Å². The van der Waals surface area contributed by atoms with Crippen LogP contribution in [0, 0.1) is 0 Å². The van der Waals surface area contributed by atoms with Crippen LogP contribution in [0.2, 0.25) is 5.15 Å². The van der Waals surface area contributed by atoms with Gasteiger partial charge in [-0.2, -0.15) is 13.2 Å². The molecule has 0 spiro atoms. The van der Waals surface area contributed by atoms with Gasteiger partial charge in [0.25, 0.3) is 0 Å². The van der Waals surface area contributed by atoms with Crippen LogP contribution >= 0.6 is 11.6 Å². The molecule has 0 saturated carbocycles. The van der Waals surface area contributed by atoms with Gasteiger partial charge in [-0.25, -0.2) is 19.9 Å². The second kappa shape index (κ2) is 4.25. The van der Waals surface area contributed by atoms with E-state index in [0.717, 1.165) is 0 Å². The summed E-state index contributed by atoms with van der Waals surface area (Å²) >= 11 is 5.50. The van der Waals surface area contributed by atoms with Crippen LogP contribution < -0.4 is 0 Å². The van der Waals surface area contributed by atoms with Gasteiger partial charge in [0.05, 0.1) is 0 Å². The van der Waals surface area contributed by atoms with Gasteiger partial charge in [-0.05, 0) is 6.07 Å². The largest absolute Gasteiger partial charge is 0.433 e. The average Bonchev–Trinajstić information content (AvgIpc) is 2.28. The fourth-order valence-electron chi connectivity index (χ4n) is 1.08. The van der Waals surface area contributed by atoms with E-state index in [2.05, 4.69) is 19.9 Å². The molecular weight excluding hydrogens is 257 g/mol. The predicted octanol–water partition coefficient (Wildman–Crippen LogP) is 2.61. The molecule has 0 radical (unpaired) electrons. The topological polar surface area (TPSA) is 51.6 Å². The van der Waals surface area contributed by atoms with Crippen LogP contribution in [-0.2, 0) is 6.18 Å². The van der Waals surface area contributed by atoms with E-state index in [0.29, 0.717) is 6.07 Å². The molecule has 0 saturated heterocycles. The van der Waals surface area contributed by atoms with Gasteiger partial charge in [-0.3, -0.25) is 0 Å². The molecule has 0 aliphatic heterocycles. The molecule has 4 nitrogen and oxygen atoms in total. The van der Waals surface area contributed by atoms with Gasteiger partial charge < -0.3 is 0 Å². The summed E-state index contributed by atoms with van der Waals surface area (Å²) in [5, 5.41) is -0.310. The first-order valence-electron chi connectivity index (χ1n) is 4.36. The zero-order chi connectivity index (χ0) is 12.5. The van der Waals surface area contributed by atoms with Crippen molar-refractivity contribution in [3.63, 3.8) is 0 Å². The Bertz CT molecular complexity index is 530. The van der Waals surface area contributed by atoms with E-state index in [1.165, 1.54) is 18.5 Å². The highest BCUT2D eigenvalue weighted by Gasteiger charge is 2.33. The molecule has 2 aromatic heterocycles. The van der Waals surface area contributed by atoms with Crippen molar-refractivity contribution in [3.05, 3.63) is 35.4 Å². The van der Waals surface area contributed by atoms with E-state index in [1.807, 2.05) is 0 Å². The van der Waals surface area contributed by atoms with Crippen molar-refractivity contribution in [1.29, 1.82) is 0 Å². The molecule has 0 aromatic carbocycles. The first-order chi connectivity index (χ1) is 7.97. The number of nitrogens with zero attached hydrogens (tertiary/aromatic N) is 4. The zero-order valence-corrected chi connectivity index (χ0v) is 8.87. The SMILES string of the molecule is FC(F)(F)c1cc(Cl)nc(-c2ncccn2)n1. The van der Waals surface area contributed by atoms with Gasteiger partial charge in [0.15, 0.2) is 11.6 Å². The van der Waals surface area contributed by atoms with Crippen molar-refractivity contribution in [2.24, 2.45) is 0 Å². The third-order valence-electron chi connectivity index (χ3n) is 1.75.